The quantitative estimate of drug-likeness (QED) is 0.742. The highest BCUT2D eigenvalue weighted by Crippen LogP contribution is 2.34. The number of aliphatic hydroxyl groups is 1. The van der Waals surface area contributed by atoms with Crippen molar-refractivity contribution < 1.29 is 19.4 Å². The van der Waals surface area contributed by atoms with Crippen molar-refractivity contribution in [2.75, 3.05) is 0 Å². The van der Waals surface area contributed by atoms with Gasteiger partial charge in [0.15, 0.2) is 5.76 Å². The Morgan fingerprint density at radius 2 is 2.00 bits per heavy atom. The Balaban J connectivity index is 1.43. The fourth-order valence-electron chi connectivity index (χ4n) is 3.36. The number of thiophene rings is 1. The zero-order valence-corrected chi connectivity index (χ0v) is 16.5. The summed E-state index contributed by atoms with van der Waals surface area (Å²) in [5, 5.41) is 14.3. The van der Waals surface area contributed by atoms with E-state index in [1.165, 1.54) is 11.3 Å². The molecule has 2 N–H and O–H groups in total. The fourth-order valence-corrected chi connectivity index (χ4v) is 4.17. The molecule has 1 aromatic carbocycles. The van der Waals surface area contributed by atoms with E-state index in [-0.39, 0.29) is 24.5 Å². The van der Waals surface area contributed by atoms with E-state index >= 15 is 0 Å². The molecule has 0 bridgehead atoms. The monoisotopic (exact) mass is 399 g/mol. The minimum atomic E-state index is -0.475. The summed E-state index contributed by atoms with van der Waals surface area (Å²) in [5.74, 6) is 0.321. The Kier molecular flexibility index (Phi) is 6.10. The lowest BCUT2D eigenvalue weighted by molar-refractivity contribution is -0.150. The maximum absolute atomic E-state index is 12.6. The number of aliphatic hydroxyl groups excluding tert-OH is 1. The second kappa shape index (κ2) is 8.90. The second-order valence-electron chi connectivity index (χ2n) is 7.32. The summed E-state index contributed by atoms with van der Waals surface area (Å²) in [6, 6.07) is 12.0. The minimum absolute atomic E-state index is 0.0274. The van der Waals surface area contributed by atoms with E-state index < -0.39 is 6.29 Å². The molecule has 1 aliphatic carbocycles. The second-order valence-corrected chi connectivity index (χ2v) is 8.30. The van der Waals surface area contributed by atoms with Crippen molar-refractivity contribution in [2.24, 2.45) is 0 Å². The molecule has 1 amide bonds. The highest BCUT2D eigenvalue weighted by molar-refractivity contribution is 7.10. The lowest BCUT2D eigenvalue weighted by atomic mass is 9.93. The molecule has 1 aliphatic heterocycles. The molecule has 4 rings (SSSR count). The number of amides is 1. The first-order valence-electron chi connectivity index (χ1n) is 9.74. The van der Waals surface area contributed by atoms with Crippen LogP contribution in [0.1, 0.15) is 47.6 Å². The Morgan fingerprint density at radius 1 is 1.21 bits per heavy atom. The van der Waals surface area contributed by atoms with Gasteiger partial charge in [0.25, 0.3) is 5.91 Å². The number of rotatable bonds is 7. The molecule has 1 saturated carbocycles. The molecule has 0 saturated heterocycles. The predicted molar refractivity (Wildman–Crippen MR) is 108 cm³/mol. The molecule has 0 unspecified atom stereocenters. The number of nitrogens with one attached hydrogen (secondary N) is 1. The van der Waals surface area contributed by atoms with Gasteiger partial charge in [-0.3, -0.25) is 4.79 Å². The summed E-state index contributed by atoms with van der Waals surface area (Å²) >= 11 is 1.68. The van der Waals surface area contributed by atoms with Crippen LogP contribution in [0.3, 0.4) is 0 Å². The smallest absolute Gasteiger partial charge is 0.286 e. The predicted octanol–water partition coefficient (Wildman–Crippen LogP) is 3.84. The number of ether oxygens (including phenoxy) is 2. The van der Waals surface area contributed by atoms with E-state index in [1.54, 1.807) is 11.3 Å². The SMILES string of the molecule is O=C(NC1CCC1)C1=C[C@H](c2cccs2)C[C@H](OCc2ccc(CO)cc2)O1. The number of carbonyl (C=O) groups is 1. The maximum atomic E-state index is 12.6. The molecule has 148 valence electrons. The van der Waals surface area contributed by atoms with Crippen molar-refractivity contribution in [3.63, 3.8) is 0 Å². The maximum Gasteiger partial charge on any atom is 0.286 e. The molecule has 5 nitrogen and oxygen atoms in total. The van der Waals surface area contributed by atoms with Crippen LogP contribution in [-0.2, 0) is 27.5 Å². The summed E-state index contributed by atoms with van der Waals surface area (Å²) in [7, 11) is 0. The normalized spacial score (nSPS) is 22.1. The van der Waals surface area contributed by atoms with Gasteiger partial charge in [0.05, 0.1) is 13.2 Å². The summed E-state index contributed by atoms with van der Waals surface area (Å²) in [6.07, 6.45) is 5.37. The largest absolute Gasteiger partial charge is 0.459 e. The number of hydrogen-bond donors (Lipinski definition) is 2. The van der Waals surface area contributed by atoms with E-state index in [2.05, 4.69) is 11.4 Å². The van der Waals surface area contributed by atoms with E-state index in [9.17, 15) is 4.79 Å². The van der Waals surface area contributed by atoms with Crippen molar-refractivity contribution in [2.45, 2.75) is 57.1 Å². The van der Waals surface area contributed by atoms with Crippen molar-refractivity contribution in [1.29, 1.82) is 0 Å². The zero-order valence-electron chi connectivity index (χ0n) is 15.7. The first-order chi connectivity index (χ1) is 13.7. The molecule has 2 heterocycles. The third-order valence-electron chi connectivity index (χ3n) is 5.27. The van der Waals surface area contributed by atoms with Gasteiger partial charge in [-0.05, 0) is 47.9 Å². The molecule has 1 aromatic heterocycles. The molecule has 28 heavy (non-hydrogen) atoms. The first-order valence-corrected chi connectivity index (χ1v) is 10.6. The van der Waals surface area contributed by atoms with Gasteiger partial charge in [0.1, 0.15) is 0 Å². The molecule has 2 aromatic rings. The van der Waals surface area contributed by atoms with Crippen LogP contribution in [-0.4, -0.2) is 23.3 Å². The van der Waals surface area contributed by atoms with Gasteiger partial charge >= 0.3 is 0 Å². The van der Waals surface area contributed by atoms with Gasteiger partial charge in [-0.2, -0.15) is 0 Å². The molecular formula is C22H25NO4S. The topological polar surface area (TPSA) is 67.8 Å². The van der Waals surface area contributed by atoms with Gasteiger partial charge in [0, 0.05) is 23.3 Å². The first kappa shape index (κ1) is 19.2. The molecule has 0 spiro atoms. The number of carbonyl (C=O) groups excluding carboxylic acids is 1. The van der Waals surface area contributed by atoms with Crippen LogP contribution in [0.15, 0.2) is 53.6 Å². The Labute approximate surface area is 169 Å². The third kappa shape index (κ3) is 4.63. The van der Waals surface area contributed by atoms with Crippen molar-refractivity contribution in [3.8, 4) is 0 Å². The van der Waals surface area contributed by atoms with E-state index in [0.717, 1.165) is 24.0 Å². The fraction of sp³-hybridized carbons (Fsp3) is 0.409. The standard InChI is InChI=1S/C22H25NO4S/c24-13-15-6-8-16(9-7-15)14-26-21-12-17(20-5-2-10-28-20)11-19(27-21)22(25)23-18-3-1-4-18/h2,5-11,17-18,21,24H,1,3-4,12-14H2,(H,23,25)/t17-,21+/m0/s1. The van der Waals surface area contributed by atoms with Crippen LogP contribution in [0.4, 0.5) is 0 Å². The van der Waals surface area contributed by atoms with Crippen molar-refractivity contribution in [3.05, 3.63) is 69.6 Å². The third-order valence-corrected chi connectivity index (χ3v) is 6.28. The van der Waals surface area contributed by atoms with Gasteiger partial charge in [-0.15, -0.1) is 11.3 Å². The summed E-state index contributed by atoms with van der Waals surface area (Å²) in [5.41, 5.74) is 1.87. The average Bonchev–Trinajstić information content (AvgIpc) is 3.24. The number of allylic oxidation sites excluding steroid dienone is 1. The average molecular weight is 400 g/mol. The van der Waals surface area contributed by atoms with Gasteiger partial charge in [-0.1, -0.05) is 30.3 Å². The summed E-state index contributed by atoms with van der Waals surface area (Å²) in [4.78, 5) is 13.8. The Hall–Kier alpha value is -2.15. The molecule has 1 fully saturated rings. The van der Waals surface area contributed by atoms with Crippen LogP contribution in [0.5, 0.6) is 0 Å². The number of hydrogen-bond acceptors (Lipinski definition) is 5. The molecule has 2 aliphatic rings. The number of benzene rings is 1. The van der Waals surface area contributed by atoms with Gasteiger partial charge in [0.2, 0.25) is 6.29 Å². The van der Waals surface area contributed by atoms with Crippen LogP contribution in [0, 0.1) is 0 Å². The van der Waals surface area contributed by atoms with E-state index in [4.69, 9.17) is 14.6 Å². The Bertz CT molecular complexity index is 812. The van der Waals surface area contributed by atoms with Gasteiger partial charge in [-0.25, -0.2) is 0 Å². The zero-order chi connectivity index (χ0) is 19.3. The highest BCUT2D eigenvalue weighted by atomic mass is 32.1. The molecule has 0 radical (unpaired) electrons. The minimum Gasteiger partial charge on any atom is -0.459 e. The molecular weight excluding hydrogens is 374 g/mol. The van der Waals surface area contributed by atoms with Crippen LogP contribution >= 0.6 is 11.3 Å². The Morgan fingerprint density at radius 3 is 2.64 bits per heavy atom. The summed E-state index contributed by atoms with van der Waals surface area (Å²) in [6.45, 7) is 0.421. The van der Waals surface area contributed by atoms with Crippen molar-refractivity contribution in [1.82, 2.24) is 5.32 Å². The van der Waals surface area contributed by atoms with Crippen LogP contribution in [0.25, 0.3) is 0 Å². The lowest BCUT2D eigenvalue weighted by Gasteiger charge is -2.31. The van der Waals surface area contributed by atoms with Crippen LogP contribution < -0.4 is 5.32 Å². The summed E-state index contributed by atoms with van der Waals surface area (Å²) < 4.78 is 11.9. The van der Waals surface area contributed by atoms with Crippen LogP contribution in [0.2, 0.25) is 0 Å². The lowest BCUT2D eigenvalue weighted by Crippen LogP contribution is -2.42. The van der Waals surface area contributed by atoms with E-state index in [1.807, 2.05) is 41.8 Å². The highest BCUT2D eigenvalue weighted by Gasteiger charge is 2.31. The van der Waals surface area contributed by atoms with Crippen molar-refractivity contribution >= 4 is 17.2 Å². The molecule has 6 heteroatoms. The van der Waals surface area contributed by atoms with Gasteiger partial charge < -0.3 is 19.9 Å². The molecule has 2 atom stereocenters. The van der Waals surface area contributed by atoms with E-state index in [0.29, 0.717) is 18.8 Å².